The smallest absolute Gasteiger partial charge is 0.358 e. The number of hydrogen-bond acceptors (Lipinski definition) is 4. The van der Waals surface area contributed by atoms with Gasteiger partial charge >= 0.3 is 5.82 Å². The molecular formula is C10H9ClN4O2. The summed E-state index contributed by atoms with van der Waals surface area (Å²) in [6.45, 7) is 2.01. The summed E-state index contributed by atoms with van der Waals surface area (Å²) in [4.78, 5) is 14.1. The molecule has 2 rings (SSSR count). The van der Waals surface area contributed by atoms with Crippen molar-refractivity contribution >= 4 is 17.4 Å². The third-order valence-corrected chi connectivity index (χ3v) is 2.60. The maximum Gasteiger partial charge on any atom is 0.392 e. The van der Waals surface area contributed by atoms with Crippen LogP contribution in [0.15, 0.2) is 24.5 Å². The van der Waals surface area contributed by atoms with Gasteiger partial charge in [-0.05, 0) is 17.9 Å². The largest absolute Gasteiger partial charge is 0.392 e. The Morgan fingerprint density at radius 3 is 2.94 bits per heavy atom. The van der Waals surface area contributed by atoms with Gasteiger partial charge in [0.2, 0.25) is 0 Å². The second-order valence-electron chi connectivity index (χ2n) is 3.54. The normalized spacial score (nSPS) is 10.5. The van der Waals surface area contributed by atoms with Gasteiger partial charge in [0.1, 0.15) is 5.15 Å². The summed E-state index contributed by atoms with van der Waals surface area (Å²) in [5.74, 6) is -0.134. The standard InChI is InChI=1S/C10H9ClN4O2/c1-7-5-14(13-10(7)15(16)17)6-8-3-2-4-12-9(8)11/h2-5H,6H2,1H3. The minimum Gasteiger partial charge on any atom is -0.358 e. The third kappa shape index (κ3) is 2.42. The van der Waals surface area contributed by atoms with E-state index in [2.05, 4.69) is 10.1 Å². The average Bonchev–Trinajstić information content (AvgIpc) is 2.63. The van der Waals surface area contributed by atoms with Gasteiger partial charge in [0, 0.05) is 11.8 Å². The lowest BCUT2D eigenvalue weighted by atomic mass is 10.3. The van der Waals surface area contributed by atoms with Crippen molar-refractivity contribution in [3.63, 3.8) is 0 Å². The molecule has 88 valence electrons. The van der Waals surface area contributed by atoms with Gasteiger partial charge in [-0.3, -0.25) is 0 Å². The maximum absolute atomic E-state index is 10.6. The summed E-state index contributed by atoms with van der Waals surface area (Å²) >= 11 is 5.90. The second-order valence-corrected chi connectivity index (χ2v) is 3.90. The summed E-state index contributed by atoms with van der Waals surface area (Å²) in [6, 6.07) is 3.56. The van der Waals surface area contributed by atoms with E-state index in [1.165, 1.54) is 4.68 Å². The fourth-order valence-corrected chi connectivity index (χ4v) is 1.66. The average molecular weight is 253 g/mol. The molecule has 17 heavy (non-hydrogen) atoms. The van der Waals surface area contributed by atoms with Crippen molar-refractivity contribution in [3.8, 4) is 0 Å². The summed E-state index contributed by atoms with van der Waals surface area (Å²) in [7, 11) is 0. The topological polar surface area (TPSA) is 73.8 Å². The highest BCUT2D eigenvalue weighted by Crippen LogP contribution is 2.17. The number of hydrogen-bond donors (Lipinski definition) is 0. The van der Waals surface area contributed by atoms with Crippen molar-refractivity contribution in [2.24, 2.45) is 0 Å². The quantitative estimate of drug-likeness (QED) is 0.477. The molecule has 0 atom stereocenters. The van der Waals surface area contributed by atoms with E-state index in [4.69, 9.17) is 11.6 Å². The molecule has 6 nitrogen and oxygen atoms in total. The Bertz CT molecular complexity index is 567. The van der Waals surface area contributed by atoms with Crippen molar-refractivity contribution < 1.29 is 4.92 Å². The van der Waals surface area contributed by atoms with Crippen molar-refractivity contribution in [1.82, 2.24) is 14.8 Å². The molecule has 0 fully saturated rings. The summed E-state index contributed by atoms with van der Waals surface area (Å²) in [6.07, 6.45) is 3.20. The zero-order chi connectivity index (χ0) is 12.4. The molecule has 0 aliphatic carbocycles. The highest BCUT2D eigenvalue weighted by molar-refractivity contribution is 6.30. The van der Waals surface area contributed by atoms with Crippen LogP contribution in [0.25, 0.3) is 0 Å². The third-order valence-electron chi connectivity index (χ3n) is 2.26. The number of aryl methyl sites for hydroxylation is 1. The van der Waals surface area contributed by atoms with Crippen LogP contribution >= 0.6 is 11.6 Å². The van der Waals surface area contributed by atoms with E-state index in [1.54, 1.807) is 31.5 Å². The van der Waals surface area contributed by atoms with Gasteiger partial charge < -0.3 is 10.1 Å². The Balaban J connectivity index is 2.28. The van der Waals surface area contributed by atoms with E-state index in [1.807, 2.05) is 0 Å². The molecule has 0 amide bonds. The number of nitro groups is 1. The highest BCUT2D eigenvalue weighted by Gasteiger charge is 2.17. The molecule has 0 aliphatic rings. The lowest BCUT2D eigenvalue weighted by Crippen LogP contribution is -2.02. The van der Waals surface area contributed by atoms with Crippen LogP contribution in [0.4, 0.5) is 5.82 Å². The molecule has 0 bridgehead atoms. The van der Waals surface area contributed by atoms with Crippen LogP contribution in [-0.4, -0.2) is 19.7 Å². The van der Waals surface area contributed by atoms with Crippen LogP contribution in [0, 0.1) is 17.0 Å². The number of pyridine rings is 1. The lowest BCUT2D eigenvalue weighted by Gasteiger charge is -1.99. The van der Waals surface area contributed by atoms with E-state index in [0.717, 1.165) is 5.56 Å². The number of halogens is 1. The SMILES string of the molecule is Cc1cn(Cc2cccnc2Cl)nc1[N+](=O)[O-]. The molecule has 0 aromatic carbocycles. The zero-order valence-electron chi connectivity index (χ0n) is 9.00. The molecule has 0 unspecified atom stereocenters. The lowest BCUT2D eigenvalue weighted by molar-refractivity contribution is -0.390. The molecule has 7 heteroatoms. The first-order valence-electron chi connectivity index (χ1n) is 4.86. The zero-order valence-corrected chi connectivity index (χ0v) is 9.76. The fraction of sp³-hybridized carbons (Fsp3) is 0.200. The summed E-state index contributed by atoms with van der Waals surface area (Å²) in [5, 5.41) is 14.9. The number of rotatable bonds is 3. The van der Waals surface area contributed by atoms with Crippen molar-refractivity contribution in [2.45, 2.75) is 13.5 Å². The van der Waals surface area contributed by atoms with Crippen molar-refractivity contribution in [1.29, 1.82) is 0 Å². The van der Waals surface area contributed by atoms with Gasteiger partial charge in [0.15, 0.2) is 0 Å². The monoisotopic (exact) mass is 252 g/mol. The minimum absolute atomic E-state index is 0.134. The molecule has 0 saturated carbocycles. The molecule has 0 N–H and O–H groups in total. The fourth-order valence-electron chi connectivity index (χ4n) is 1.48. The molecule has 2 heterocycles. The van der Waals surface area contributed by atoms with E-state index < -0.39 is 4.92 Å². The van der Waals surface area contributed by atoms with Gasteiger partial charge in [-0.2, -0.15) is 4.68 Å². The van der Waals surface area contributed by atoms with E-state index in [0.29, 0.717) is 17.3 Å². The van der Waals surface area contributed by atoms with Crippen LogP contribution in [0.5, 0.6) is 0 Å². The Labute approximate surface area is 102 Å². The molecule has 0 aliphatic heterocycles. The van der Waals surface area contributed by atoms with Gasteiger partial charge in [0.05, 0.1) is 23.4 Å². The summed E-state index contributed by atoms with van der Waals surface area (Å²) in [5.41, 5.74) is 1.29. The van der Waals surface area contributed by atoms with Crippen LogP contribution in [0.2, 0.25) is 5.15 Å². The highest BCUT2D eigenvalue weighted by atomic mass is 35.5. The Morgan fingerprint density at radius 1 is 1.59 bits per heavy atom. The molecule has 0 spiro atoms. The van der Waals surface area contributed by atoms with Crippen molar-refractivity contribution in [2.75, 3.05) is 0 Å². The number of aromatic nitrogens is 3. The Kier molecular flexibility index (Phi) is 3.06. The van der Waals surface area contributed by atoms with Crippen LogP contribution in [0.1, 0.15) is 11.1 Å². The van der Waals surface area contributed by atoms with E-state index >= 15 is 0 Å². The van der Waals surface area contributed by atoms with Crippen LogP contribution in [-0.2, 0) is 6.54 Å². The first kappa shape index (κ1) is 11.5. The van der Waals surface area contributed by atoms with Crippen LogP contribution in [0.3, 0.4) is 0 Å². The predicted octanol–water partition coefficient (Wildman–Crippen LogP) is 2.20. The minimum atomic E-state index is -0.503. The first-order chi connectivity index (χ1) is 8.08. The molecule has 2 aromatic rings. The Hall–Kier alpha value is -1.95. The second kappa shape index (κ2) is 4.50. The van der Waals surface area contributed by atoms with Gasteiger partial charge in [-0.1, -0.05) is 17.7 Å². The van der Waals surface area contributed by atoms with Crippen LogP contribution < -0.4 is 0 Å². The van der Waals surface area contributed by atoms with E-state index in [9.17, 15) is 10.1 Å². The molecule has 0 radical (unpaired) electrons. The van der Waals surface area contributed by atoms with Gasteiger partial charge in [0.25, 0.3) is 0 Å². The molecular weight excluding hydrogens is 244 g/mol. The van der Waals surface area contributed by atoms with Gasteiger partial charge in [-0.15, -0.1) is 0 Å². The molecule has 0 saturated heterocycles. The maximum atomic E-state index is 10.6. The first-order valence-corrected chi connectivity index (χ1v) is 5.23. The van der Waals surface area contributed by atoms with Gasteiger partial charge in [-0.25, -0.2) is 4.98 Å². The number of nitrogens with zero attached hydrogens (tertiary/aromatic N) is 4. The predicted molar refractivity (Wildman–Crippen MR) is 62.0 cm³/mol. The molecule has 2 aromatic heterocycles. The summed E-state index contributed by atoms with van der Waals surface area (Å²) < 4.78 is 1.48. The van der Waals surface area contributed by atoms with Crippen molar-refractivity contribution in [3.05, 3.63) is 50.9 Å². The van der Waals surface area contributed by atoms with E-state index in [-0.39, 0.29) is 5.82 Å². The Morgan fingerprint density at radius 2 is 2.35 bits per heavy atom.